The van der Waals surface area contributed by atoms with Crippen LogP contribution in [0, 0.1) is 0 Å². The molecular weight excluding hydrogens is 218 g/mol. The Hall–Kier alpha value is -1.62. The summed E-state index contributed by atoms with van der Waals surface area (Å²) < 4.78 is 5.51. The Morgan fingerprint density at radius 3 is 2.94 bits per heavy atom. The summed E-state index contributed by atoms with van der Waals surface area (Å²) >= 11 is 0. The van der Waals surface area contributed by atoms with E-state index in [9.17, 15) is 4.79 Å². The number of pyridine rings is 1. The van der Waals surface area contributed by atoms with Crippen molar-refractivity contribution in [3.63, 3.8) is 0 Å². The highest BCUT2D eigenvalue weighted by molar-refractivity contribution is 5.92. The molecule has 5 nitrogen and oxygen atoms in total. The van der Waals surface area contributed by atoms with E-state index in [1.165, 1.54) is 4.90 Å². The number of likely N-dealkylation sites (N-methyl/N-ethyl adjacent to an activating group) is 1. The third-order valence-electron chi connectivity index (χ3n) is 2.15. The molecule has 0 aliphatic carbocycles. The minimum absolute atomic E-state index is 0.123. The molecule has 0 bridgehead atoms. The lowest BCUT2D eigenvalue weighted by Gasteiger charge is -2.11. The van der Waals surface area contributed by atoms with Gasteiger partial charge in [-0.1, -0.05) is 6.92 Å². The largest absolute Gasteiger partial charge is 0.492 e. The van der Waals surface area contributed by atoms with E-state index in [0.29, 0.717) is 18.1 Å². The van der Waals surface area contributed by atoms with Crippen molar-refractivity contribution in [2.24, 2.45) is 0 Å². The van der Waals surface area contributed by atoms with E-state index < -0.39 is 0 Å². The molecule has 0 radical (unpaired) electrons. The van der Waals surface area contributed by atoms with Crippen molar-refractivity contribution in [3.05, 3.63) is 24.0 Å². The monoisotopic (exact) mass is 237 g/mol. The first kappa shape index (κ1) is 13.4. The van der Waals surface area contributed by atoms with Gasteiger partial charge in [0.2, 0.25) is 0 Å². The summed E-state index contributed by atoms with van der Waals surface area (Å²) in [5.41, 5.74) is 0.399. The van der Waals surface area contributed by atoms with Crippen molar-refractivity contribution < 1.29 is 9.53 Å². The van der Waals surface area contributed by atoms with Crippen LogP contribution in [0.15, 0.2) is 18.3 Å². The Morgan fingerprint density at radius 2 is 2.29 bits per heavy atom. The van der Waals surface area contributed by atoms with Crippen LogP contribution in [0.25, 0.3) is 0 Å². The number of hydrogen-bond donors (Lipinski definition) is 1. The molecular formula is C12H19N3O2. The smallest absolute Gasteiger partial charge is 0.272 e. The van der Waals surface area contributed by atoms with Gasteiger partial charge < -0.3 is 15.0 Å². The second-order valence-corrected chi connectivity index (χ2v) is 3.78. The highest BCUT2D eigenvalue weighted by Crippen LogP contribution is 2.11. The lowest BCUT2D eigenvalue weighted by atomic mass is 10.3. The first-order chi connectivity index (χ1) is 8.15. The number of rotatable bonds is 6. The summed E-state index contributed by atoms with van der Waals surface area (Å²) in [6, 6.07) is 3.41. The fourth-order valence-electron chi connectivity index (χ4n) is 1.26. The molecule has 1 heterocycles. The molecule has 1 aromatic rings. The number of ether oxygens (including phenoxy) is 1. The minimum Gasteiger partial charge on any atom is -0.492 e. The molecule has 17 heavy (non-hydrogen) atoms. The maximum Gasteiger partial charge on any atom is 0.272 e. The Balaban J connectivity index is 2.57. The van der Waals surface area contributed by atoms with Gasteiger partial charge in [0.1, 0.15) is 18.1 Å². The molecule has 0 saturated heterocycles. The van der Waals surface area contributed by atoms with E-state index in [1.807, 2.05) is 6.92 Å². The molecule has 94 valence electrons. The lowest BCUT2D eigenvalue weighted by molar-refractivity contribution is 0.0821. The molecule has 0 fully saturated rings. The molecule has 0 aromatic carbocycles. The number of nitrogens with one attached hydrogen (secondary N) is 1. The number of carbonyl (C=O) groups excluding carboxylic acids is 1. The van der Waals surface area contributed by atoms with Crippen molar-refractivity contribution >= 4 is 5.91 Å². The summed E-state index contributed by atoms with van der Waals surface area (Å²) in [5.74, 6) is 0.547. The van der Waals surface area contributed by atoms with Gasteiger partial charge in [-0.15, -0.1) is 0 Å². The Bertz CT molecular complexity index is 367. The van der Waals surface area contributed by atoms with Crippen molar-refractivity contribution in [1.29, 1.82) is 0 Å². The van der Waals surface area contributed by atoms with Gasteiger partial charge in [-0.05, 0) is 12.6 Å². The fraction of sp³-hybridized carbons (Fsp3) is 0.500. The van der Waals surface area contributed by atoms with E-state index in [-0.39, 0.29) is 5.91 Å². The van der Waals surface area contributed by atoms with E-state index in [2.05, 4.69) is 10.3 Å². The Kier molecular flexibility index (Phi) is 5.42. The van der Waals surface area contributed by atoms with E-state index >= 15 is 0 Å². The molecule has 1 N–H and O–H groups in total. The molecule has 0 atom stereocenters. The van der Waals surface area contributed by atoms with Crippen LogP contribution < -0.4 is 10.1 Å². The van der Waals surface area contributed by atoms with Crippen molar-refractivity contribution in [1.82, 2.24) is 15.2 Å². The molecule has 1 amide bonds. The summed E-state index contributed by atoms with van der Waals surface area (Å²) in [6.07, 6.45) is 1.58. The quantitative estimate of drug-likeness (QED) is 0.743. The molecule has 1 rings (SSSR count). The van der Waals surface area contributed by atoms with Gasteiger partial charge in [0, 0.05) is 32.9 Å². The van der Waals surface area contributed by atoms with Gasteiger partial charge in [-0.2, -0.15) is 0 Å². The maximum atomic E-state index is 11.7. The van der Waals surface area contributed by atoms with E-state index in [0.717, 1.165) is 13.1 Å². The molecule has 0 aliphatic heterocycles. The average molecular weight is 237 g/mol. The second kappa shape index (κ2) is 6.85. The number of amides is 1. The van der Waals surface area contributed by atoms with Gasteiger partial charge in [0.25, 0.3) is 5.91 Å². The third-order valence-corrected chi connectivity index (χ3v) is 2.15. The third kappa shape index (κ3) is 4.40. The lowest BCUT2D eigenvalue weighted by Crippen LogP contribution is -2.23. The summed E-state index contributed by atoms with van der Waals surface area (Å²) in [5, 5.41) is 3.16. The predicted molar refractivity (Wildman–Crippen MR) is 66.3 cm³/mol. The number of aromatic nitrogens is 1. The Labute approximate surface area is 102 Å². The van der Waals surface area contributed by atoms with Gasteiger partial charge in [0.05, 0.1) is 0 Å². The van der Waals surface area contributed by atoms with Crippen LogP contribution >= 0.6 is 0 Å². The van der Waals surface area contributed by atoms with Crippen molar-refractivity contribution in [2.75, 3.05) is 33.8 Å². The SMILES string of the molecule is CCNCCOc1ccnc(C(=O)N(C)C)c1. The zero-order chi connectivity index (χ0) is 12.7. The highest BCUT2D eigenvalue weighted by atomic mass is 16.5. The normalized spacial score (nSPS) is 10.1. The van der Waals surface area contributed by atoms with E-state index in [4.69, 9.17) is 4.74 Å². The molecule has 1 aromatic heterocycles. The van der Waals surface area contributed by atoms with Gasteiger partial charge in [-0.3, -0.25) is 9.78 Å². The molecule has 0 aliphatic rings. The molecule has 0 saturated carbocycles. The highest BCUT2D eigenvalue weighted by Gasteiger charge is 2.10. The number of nitrogens with zero attached hydrogens (tertiary/aromatic N) is 2. The Morgan fingerprint density at radius 1 is 1.53 bits per heavy atom. The van der Waals surface area contributed by atoms with E-state index in [1.54, 1.807) is 32.4 Å². The van der Waals surface area contributed by atoms with Gasteiger partial charge in [-0.25, -0.2) is 0 Å². The summed E-state index contributed by atoms with van der Waals surface area (Å²) in [6.45, 7) is 4.33. The first-order valence-electron chi connectivity index (χ1n) is 5.66. The average Bonchev–Trinajstić information content (AvgIpc) is 2.34. The maximum absolute atomic E-state index is 11.7. The summed E-state index contributed by atoms with van der Waals surface area (Å²) in [4.78, 5) is 17.2. The van der Waals surface area contributed by atoms with Crippen LogP contribution in [0.5, 0.6) is 5.75 Å². The standard InChI is InChI=1S/C12H19N3O2/c1-4-13-7-8-17-10-5-6-14-11(9-10)12(16)15(2)3/h5-6,9,13H,4,7-8H2,1-3H3. The fourth-order valence-corrected chi connectivity index (χ4v) is 1.26. The van der Waals surface area contributed by atoms with Crippen molar-refractivity contribution in [3.8, 4) is 5.75 Å². The van der Waals surface area contributed by atoms with Crippen LogP contribution in [0.3, 0.4) is 0 Å². The van der Waals surface area contributed by atoms with Gasteiger partial charge in [0.15, 0.2) is 0 Å². The molecule has 0 unspecified atom stereocenters. The van der Waals surface area contributed by atoms with Crippen LogP contribution in [0.1, 0.15) is 17.4 Å². The first-order valence-corrected chi connectivity index (χ1v) is 5.66. The zero-order valence-electron chi connectivity index (χ0n) is 10.6. The van der Waals surface area contributed by atoms with Gasteiger partial charge >= 0.3 is 0 Å². The van der Waals surface area contributed by atoms with Crippen LogP contribution in [0.4, 0.5) is 0 Å². The minimum atomic E-state index is -0.123. The zero-order valence-corrected chi connectivity index (χ0v) is 10.6. The van der Waals surface area contributed by atoms with Crippen molar-refractivity contribution in [2.45, 2.75) is 6.92 Å². The second-order valence-electron chi connectivity index (χ2n) is 3.78. The van der Waals surface area contributed by atoms with Crippen LogP contribution in [-0.2, 0) is 0 Å². The summed E-state index contributed by atoms with van der Waals surface area (Å²) in [7, 11) is 3.39. The molecule has 0 spiro atoms. The topological polar surface area (TPSA) is 54.5 Å². The van der Waals surface area contributed by atoms with Crippen LogP contribution in [-0.4, -0.2) is 49.6 Å². The predicted octanol–water partition coefficient (Wildman–Crippen LogP) is 0.772. The van der Waals surface area contributed by atoms with Crippen LogP contribution in [0.2, 0.25) is 0 Å². The number of carbonyl (C=O) groups is 1. The number of hydrogen-bond acceptors (Lipinski definition) is 4. The molecule has 5 heteroatoms.